The number of carbonyl (C=O) groups excluding carboxylic acids is 1. The lowest BCUT2D eigenvalue weighted by molar-refractivity contribution is -0.266. The first kappa shape index (κ1) is 33.8. The van der Waals surface area contributed by atoms with Crippen molar-refractivity contribution in [3.63, 3.8) is 0 Å². The molecule has 1 unspecified atom stereocenters. The van der Waals surface area contributed by atoms with Crippen LogP contribution in [0, 0.1) is 23.2 Å². The number of alkyl halides is 5. The fourth-order valence-electron chi connectivity index (χ4n) is 7.71. The number of carbonyl (C=O) groups is 1. The number of ether oxygens (including phenoxy) is 1. The summed E-state index contributed by atoms with van der Waals surface area (Å²) in [7, 11) is -6.18. The zero-order chi connectivity index (χ0) is 33.2. The number of rotatable bonds is 9. The minimum absolute atomic E-state index is 0.0141. The van der Waals surface area contributed by atoms with Crippen molar-refractivity contribution in [3.8, 4) is 11.1 Å². The van der Waals surface area contributed by atoms with Gasteiger partial charge in [-0.15, -0.1) is 0 Å². The molecule has 4 bridgehead atoms. The average molecular weight is 657 g/mol. The SMILES string of the molecule is CC(C)(C)c1ccc(-c2ccc(C(C)(C)COS(=O)(=O)C(F)(F)C(OC(=O)C34CC5CC(CC(C5)C3)C4)C(F)(F)F)cc2)cc1. The van der Waals surface area contributed by atoms with E-state index in [9.17, 15) is 26.4 Å². The summed E-state index contributed by atoms with van der Waals surface area (Å²) in [6.45, 7) is 8.52. The van der Waals surface area contributed by atoms with Gasteiger partial charge in [0.25, 0.3) is 6.10 Å². The van der Waals surface area contributed by atoms with Crippen molar-refractivity contribution in [2.45, 2.75) is 102 Å². The van der Waals surface area contributed by atoms with Gasteiger partial charge in [0.05, 0.1) is 12.0 Å². The molecule has 0 spiro atoms. The first-order chi connectivity index (χ1) is 20.6. The molecule has 248 valence electrons. The fraction of sp³-hybridized carbons (Fsp3) is 0.618. The number of esters is 1. The number of hydrogen-bond acceptors (Lipinski definition) is 5. The minimum Gasteiger partial charge on any atom is -0.444 e. The van der Waals surface area contributed by atoms with Crippen LogP contribution in [0.2, 0.25) is 0 Å². The highest BCUT2D eigenvalue weighted by atomic mass is 32.2. The molecule has 4 fully saturated rings. The van der Waals surface area contributed by atoms with E-state index in [2.05, 4.69) is 29.7 Å². The molecule has 5 nitrogen and oxygen atoms in total. The Bertz CT molecular complexity index is 1470. The van der Waals surface area contributed by atoms with E-state index in [-0.39, 0.29) is 42.4 Å². The van der Waals surface area contributed by atoms with Crippen LogP contribution in [0.15, 0.2) is 48.5 Å². The zero-order valence-electron chi connectivity index (χ0n) is 26.2. The quantitative estimate of drug-likeness (QED) is 0.154. The van der Waals surface area contributed by atoms with E-state index in [1.807, 2.05) is 24.3 Å². The van der Waals surface area contributed by atoms with Crippen LogP contribution in [0.5, 0.6) is 0 Å². The molecule has 4 aliphatic rings. The van der Waals surface area contributed by atoms with Crippen LogP contribution in [0.3, 0.4) is 0 Å². The Hall–Kier alpha value is -2.53. The van der Waals surface area contributed by atoms with Crippen molar-refractivity contribution in [2.75, 3.05) is 6.61 Å². The van der Waals surface area contributed by atoms with Crippen LogP contribution < -0.4 is 0 Å². The van der Waals surface area contributed by atoms with Gasteiger partial charge in [-0.05, 0) is 83.9 Å². The molecule has 0 N–H and O–H groups in total. The Kier molecular flexibility index (Phi) is 8.51. The fourth-order valence-corrected chi connectivity index (χ4v) is 8.76. The van der Waals surface area contributed by atoms with Crippen molar-refractivity contribution < 1.29 is 44.1 Å². The largest absolute Gasteiger partial charge is 0.444 e. The molecule has 45 heavy (non-hydrogen) atoms. The van der Waals surface area contributed by atoms with Crippen LogP contribution in [0.4, 0.5) is 22.0 Å². The lowest BCUT2D eigenvalue weighted by Crippen LogP contribution is -2.57. The normalized spacial score (nSPS) is 26.1. The van der Waals surface area contributed by atoms with Gasteiger partial charge in [0, 0.05) is 5.41 Å². The maximum Gasteiger partial charge on any atom is 0.432 e. The highest BCUT2D eigenvalue weighted by Gasteiger charge is 2.68. The molecule has 11 heteroatoms. The molecule has 2 aromatic rings. The van der Waals surface area contributed by atoms with Crippen molar-refractivity contribution in [3.05, 3.63) is 59.7 Å². The summed E-state index contributed by atoms with van der Waals surface area (Å²) < 4.78 is 107. The number of hydrogen-bond donors (Lipinski definition) is 0. The Morgan fingerprint density at radius 2 is 1.20 bits per heavy atom. The van der Waals surface area contributed by atoms with Crippen molar-refractivity contribution in [1.29, 1.82) is 0 Å². The van der Waals surface area contributed by atoms with Gasteiger partial charge in [0.15, 0.2) is 0 Å². The van der Waals surface area contributed by atoms with Crippen LogP contribution in [-0.4, -0.2) is 38.5 Å². The molecule has 2 aromatic carbocycles. The summed E-state index contributed by atoms with van der Waals surface area (Å²) in [6.07, 6.45) is -6.66. The molecule has 0 saturated heterocycles. The van der Waals surface area contributed by atoms with Gasteiger partial charge in [-0.1, -0.05) is 83.1 Å². The molecule has 0 radical (unpaired) electrons. The number of benzene rings is 2. The van der Waals surface area contributed by atoms with Gasteiger partial charge < -0.3 is 4.74 Å². The number of halogens is 5. The third kappa shape index (κ3) is 6.66. The first-order valence-electron chi connectivity index (χ1n) is 15.4. The van der Waals surface area contributed by atoms with Gasteiger partial charge in [0.2, 0.25) is 0 Å². The monoisotopic (exact) mass is 656 g/mol. The van der Waals surface area contributed by atoms with Gasteiger partial charge >= 0.3 is 27.5 Å². The highest BCUT2D eigenvalue weighted by Crippen LogP contribution is 2.61. The van der Waals surface area contributed by atoms with Crippen molar-refractivity contribution in [2.24, 2.45) is 23.2 Å². The smallest absolute Gasteiger partial charge is 0.432 e. The molecule has 0 heterocycles. The summed E-state index contributed by atoms with van der Waals surface area (Å²) in [5, 5.41) is -5.57. The third-order valence-corrected chi connectivity index (χ3v) is 11.3. The second kappa shape index (κ2) is 11.3. The second-order valence-electron chi connectivity index (χ2n) is 15.1. The Balaban J connectivity index is 1.28. The van der Waals surface area contributed by atoms with Gasteiger partial charge in [-0.25, -0.2) is 0 Å². The van der Waals surface area contributed by atoms with E-state index in [4.69, 9.17) is 0 Å². The lowest BCUT2D eigenvalue weighted by atomic mass is 9.49. The Morgan fingerprint density at radius 3 is 1.60 bits per heavy atom. The second-order valence-corrected chi connectivity index (χ2v) is 16.8. The molecule has 0 aromatic heterocycles. The summed E-state index contributed by atoms with van der Waals surface area (Å²) in [6, 6.07) is 15.0. The predicted octanol–water partition coefficient (Wildman–Crippen LogP) is 8.56. The molecule has 4 saturated carbocycles. The van der Waals surface area contributed by atoms with Crippen molar-refractivity contribution in [1.82, 2.24) is 0 Å². The standard InChI is InChI=1S/C34H41F5O5S/c1-30(2,3)26-10-6-24(7-11-26)25-8-12-27(13-9-25)31(4,5)20-43-45(41,42)34(38,39)28(33(35,36)37)44-29(40)32-17-21-14-22(18-32)16-23(15-21)19-32/h6-13,21-23,28H,14-20H2,1-5H3. The molecule has 4 aliphatic carbocycles. The van der Waals surface area contributed by atoms with E-state index in [0.29, 0.717) is 5.56 Å². The van der Waals surface area contributed by atoms with Gasteiger partial charge in [0.1, 0.15) is 0 Å². The first-order valence-corrected chi connectivity index (χ1v) is 16.8. The topological polar surface area (TPSA) is 69.7 Å². The van der Waals surface area contributed by atoms with E-state index in [0.717, 1.165) is 36.0 Å². The van der Waals surface area contributed by atoms with Gasteiger partial charge in [-0.3, -0.25) is 8.98 Å². The third-order valence-electron chi connectivity index (χ3n) is 9.96. The molecular weight excluding hydrogens is 615 g/mol. The van der Waals surface area contributed by atoms with Crippen molar-refractivity contribution >= 4 is 16.1 Å². The summed E-state index contributed by atoms with van der Waals surface area (Å²) in [4.78, 5) is 13.1. The Labute approximate surface area is 262 Å². The van der Waals surface area contributed by atoms with Crippen LogP contribution in [0.25, 0.3) is 11.1 Å². The van der Waals surface area contributed by atoms with Crippen LogP contribution in [0.1, 0.15) is 84.3 Å². The van der Waals surface area contributed by atoms with E-state index < -0.39 is 51.1 Å². The van der Waals surface area contributed by atoms with E-state index in [1.54, 1.807) is 24.3 Å². The van der Waals surface area contributed by atoms with E-state index >= 15 is 8.78 Å². The lowest BCUT2D eigenvalue weighted by Gasteiger charge is -2.55. The van der Waals surface area contributed by atoms with Gasteiger partial charge in [-0.2, -0.15) is 30.4 Å². The molecule has 0 aliphatic heterocycles. The average Bonchev–Trinajstić information content (AvgIpc) is 2.93. The maximum absolute atomic E-state index is 15.3. The maximum atomic E-state index is 15.3. The summed E-state index contributed by atoms with van der Waals surface area (Å²) in [5.41, 5.74) is 1.00. The van der Waals surface area contributed by atoms with E-state index in [1.165, 1.54) is 13.8 Å². The molecule has 0 amide bonds. The Morgan fingerprint density at radius 1 is 0.778 bits per heavy atom. The molecular formula is C34H41F5O5S. The molecule has 6 rings (SSSR count). The minimum atomic E-state index is -6.18. The molecule has 1 atom stereocenters. The van der Waals surface area contributed by atoms with Crippen LogP contribution >= 0.6 is 0 Å². The summed E-state index contributed by atoms with van der Waals surface area (Å²) in [5.74, 6) is -1.00. The zero-order valence-corrected chi connectivity index (χ0v) is 27.0. The van der Waals surface area contributed by atoms with Crippen LogP contribution in [-0.2, 0) is 34.7 Å². The highest BCUT2D eigenvalue weighted by molar-refractivity contribution is 7.87. The summed E-state index contributed by atoms with van der Waals surface area (Å²) >= 11 is 0. The predicted molar refractivity (Wildman–Crippen MR) is 160 cm³/mol.